The molecular formula is C26H26N2O. The van der Waals surface area contributed by atoms with E-state index in [1.807, 2.05) is 19.1 Å². The summed E-state index contributed by atoms with van der Waals surface area (Å²) in [5.41, 5.74) is 8.47. The zero-order chi connectivity index (χ0) is 20.8. The number of rotatable bonds is 2. The second-order valence-electron chi connectivity index (χ2n) is 8.54. The summed E-state index contributed by atoms with van der Waals surface area (Å²) in [5.74, 6) is 0.0843. The van der Waals surface area contributed by atoms with Crippen LogP contribution in [0.5, 0.6) is 0 Å². The Balaban J connectivity index is 1.88. The number of hydrogen-bond acceptors (Lipinski definition) is 3. The number of aryl methyl sites for hydroxylation is 1. The summed E-state index contributed by atoms with van der Waals surface area (Å²) in [5, 5.41) is 12.5. The highest BCUT2D eigenvalue weighted by Crippen LogP contribution is 2.45. The zero-order valence-electron chi connectivity index (χ0n) is 17.5. The average Bonchev–Trinajstić information content (AvgIpc) is 2.74. The molecule has 2 aromatic rings. The maximum Gasteiger partial charge on any atom is 0.193 e. The van der Waals surface area contributed by atoms with Crippen molar-refractivity contribution in [1.82, 2.24) is 5.32 Å². The first kappa shape index (κ1) is 19.4. The van der Waals surface area contributed by atoms with Crippen LogP contribution in [0.2, 0.25) is 0 Å². The minimum absolute atomic E-state index is 0.0843. The van der Waals surface area contributed by atoms with Gasteiger partial charge < -0.3 is 5.32 Å². The highest BCUT2D eigenvalue weighted by molar-refractivity contribution is 6.32. The molecule has 0 aromatic heterocycles. The monoisotopic (exact) mass is 382 g/mol. The van der Waals surface area contributed by atoms with E-state index in [0.29, 0.717) is 5.56 Å². The maximum absolute atomic E-state index is 13.7. The quantitative estimate of drug-likeness (QED) is 0.777. The molecule has 0 radical (unpaired) electrons. The molecule has 1 aliphatic carbocycles. The smallest absolute Gasteiger partial charge is 0.193 e. The van der Waals surface area contributed by atoms with E-state index in [4.69, 9.17) is 0 Å². The highest BCUT2D eigenvalue weighted by Gasteiger charge is 2.37. The van der Waals surface area contributed by atoms with Gasteiger partial charge in [-0.25, -0.2) is 0 Å². The van der Waals surface area contributed by atoms with Gasteiger partial charge in [0, 0.05) is 23.1 Å². The number of nitrogens with zero attached hydrogens (tertiary/aromatic N) is 1. The number of benzene rings is 2. The Kier molecular flexibility index (Phi) is 4.76. The van der Waals surface area contributed by atoms with Crippen molar-refractivity contribution in [3.05, 3.63) is 81.4 Å². The summed E-state index contributed by atoms with van der Waals surface area (Å²) in [7, 11) is 0. The lowest BCUT2D eigenvalue weighted by Gasteiger charge is -2.36. The van der Waals surface area contributed by atoms with Crippen molar-refractivity contribution in [1.29, 1.82) is 5.26 Å². The Labute approximate surface area is 172 Å². The van der Waals surface area contributed by atoms with E-state index in [1.54, 1.807) is 6.07 Å². The van der Waals surface area contributed by atoms with Crippen molar-refractivity contribution in [2.75, 3.05) is 13.1 Å². The van der Waals surface area contributed by atoms with Gasteiger partial charge in [-0.2, -0.15) is 5.26 Å². The normalized spacial score (nSPS) is 18.2. The fourth-order valence-electron chi connectivity index (χ4n) is 4.52. The molecule has 29 heavy (non-hydrogen) atoms. The molecule has 0 unspecified atom stereocenters. The molecule has 3 heteroatoms. The lowest BCUT2D eigenvalue weighted by Crippen LogP contribution is -2.30. The third-order valence-electron chi connectivity index (χ3n) is 6.54. The van der Waals surface area contributed by atoms with Crippen molar-refractivity contribution < 1.29 is 4.79 Å². The van der Waals surface area contributed by atoms with Crippen LogP contribution in [0.25, 0.3) is 11.1 Å². The van der Waals surface area contributed by atoms with Crippen LogP contribution in [-0.2, 0) is 5.41 Å². The highest BCUT2D eigenvalue weighted by atomic mass is 16.1. The molecule has 1 aliphatic heterocycles. The molecular weight excluding hydrogens is 356 g/mol. The fraction of sp³-hybridized carbons (Fsp3) is 0.308. The number of allylic oxidation sites excluding steroid dienone is 2. The van der Waals surface area contributed by atoms with E-state index < -0.39 is 0 Å². The number of fused-ring (bicyclic) bond motifs is 1. The second kappa shape index (κ2) is 7.13. The van der Waals surface area contributed by atoms with Crippen molar-refractivity contribution in [3.8, 4) is 6.07 Å². The van der Waals surface area contributed by atoms with E-state index in [-0.39, 0.29) is 11.2 Å². The van der Waals surface area contributed by atoms with Crippen LogP contribution in [0.1, 0.15) is 65.4 Å². The number of carbonyl (C=O) groups excluding carboxylic acids is 1. The maximum atomic E-state index is 13.7. The first-order chi connectivity index (χ1) is 13.8. The number of nitriles is 1. The number of ketones is 1. The van der Waals surface area contributed by atoms with Gasteiger partial charge in [0.1, 0.15) is 0 Å². The van der Waals surface area contributed by atoms with Crippen LogP contribution >= 0.6 is 0 Å². The first-order valence-electron chi connectivity index (χ1n) is 10.2. The van der Waals surface area contributed by atoms with Crippen molar-refractivity contribution >= 4 is 16.9 Å². The minimum Gasteiger partial charge on any atom is -0.313 e. The summed E-state index contributed by atoms with van der Waals surface area (Å²) in [6.45, 7) is 10.3. The Morgan fingerprint density at radius 2 is 1.86 bits per heavy atom. The van der Waals surface area contributed by atoms with Gasteiger partial charge in [-0.15, -0.1) is 0 Å². The third kappa shape index (κ3) is 3.14. The molecule has 0 saturated carbocycles. The Hall–Kier alpha value is -2.96. The van der Waals surface area contributed by atoms with E-state index in [0.717, 1.165) is 58.5 Å². The number of carbonyl (C=O) groups is 1. The molecule has 0 fully saturated rings. The van der Waals surface area contributed by atoms with Gasteiger partial charge in [0.05, 0.1) is 11.6 Å². The predicted octanol–water partition coefficient (Wildman–Crippen LogP) is 5.19. The molecule has 0 saturated heterocycles. The van der Waals surface area contributed by atoms with Crippen molar-refractivity contribution in [2.45, 2.75) is 39.5 Å². The van der Waals surface area contributed by atoms with Gasteiger partial charge >= 0.3 is 0 Å². The molecule has 2 aromatic carbocycles. The molecule has 1 N–H and O–H groups in total. The summed E-state index contributed by atoms with van der Waals surface area (Å²) < 4.78 is 0. The SMILES string of the molecule is CC1=C(c2ccc(C#N)cc2C)C(=O)c2cc(C3=CCNCC3)ccc2C1(C)C. The Bertz CT molecular complexity index is 1130. The lowest BCUT2D eigenvalue weighted by molar-refractivity contribution is 0.105. The van der Waals surface area contributed by atoms with Gasteiger partial charge in [-0.3, -0.25) is 4.79 Å². The van der Waals surface area contributed by atoms with E-state index in [1.165, 1.54) is 5.57 Å². The first-order valence-corrected chi connectivity index (χ1v) is 10.2. The van der Waals surface area contributed by atoms with Gasteiger partial charge in [-0.05, 0) is 72.8 Å². The molecule has 1 heterocycles. The molecule has 0 atom stereocenters. The molecule has 0 bridgehead atoms. The van der Waals surface area contributed by atoms with Gasteiger partial charge in [0.15, 0.2) is 5.78 Å². The predicted molar refractivity (Wildman–Crippen MR) is 118 cm³/mol. The summed E-state index contributed by atoms with van der Waals surface area (Å²) in [4.78, 5) is 13.7. The van der Waals surface area contributed by atoms with Crippen LogP contribution in [0, 0.1) is 18.3 Å². The van der Waals surface area contributed by atoms with Crippen LogP contribution in [-0.4, -0.2) is 18.9 Å². The molecule has 0 spiro atoms. The minimum atomic E-state index is -0.236. The Morgan fingerprint density at radius 1 is 1.07 bits per heavy atom. The second-order valence-corrected chi connectivity index (χ2v) is 8.54. The summed E-state index contributed by atoms with van der Waals surface area (Å²) in [6.07, 6.45) is 3.20. The van der Waals surface area contributed by atoms with Crippen LogP contribution in [0.15, 0.2) is 48.0 Å². The lowest BCUT2D eigenvalue weighted by atomic mass is 9.67. The topological polar surface area (TPSA) is 52.9 Å². The van der Waals surface area contributed by atoms with Crippen LogP contribution in [0.3, 0.4) is 0 Å². The zero-order valence-corrected chi connectivity index (χ0v) is 17.5. The van der Waals surface area contributed by atoms with E-state index >= 15 is 0 Å². The average molecular weight is 383 g/mol. The van der Waals surface area contributed by atoms with E-state index in [2.05, 4.69) is 56.4 Å². The van der Waals surface area contributed by atoms with Gasteiger partial charge in [0.2, 0.25) is 0 Å². The van der Waals surface area contributed by atoms with Gasteiger partial charge in [0.25, 0.3) is 0 Å². The van der Waals surface area contributed by atoms with Crippen molar-refractivity contribution in [2.24, 2.45) is 0 Å². The molecule has 0 amide bonds. The molecule has 3 nitrogen and oxygen atoms in total. The number of nitrogens with one attached hydrogen (secondary N) is 1. The largest absolute Gasteiger partial charge is 0.313 e. The number of hydrogen-bond donors (Lipinski definition) is 1. The third-order valence-corrected chi connectivity index (χ3v) is 6.54. The van der Waals surface area contributed by atoms with Crippen molar-refractivity contribution in [3.63, 3.8) is 0 Å². The summed E-state index contributed by atoms with van der Waals surface area (Å²) >= 11 is 0. The van der Waals surface area contributed by atoms with Gasteiger partial charge in [-0.1, -0.05) is 43.7 Å². The summed E-state index contributed by atoms with van der Waals surface area (Å²) in [6, 6.07) is 14.2. The fourth-order valence-corrected chi connectivity index (χ4v) is 4.52. The standard InChI is InChI=1S/C26H26N2O/c1-16-13-18(15-27)5-7-21(16)24-17(2)26(3,4)23-8-6-20(14-22(23)25(24)29)19-9-11-28-12-10-19/h5-9,13-14,28H,10-12H2,1-4H3. The van der Waals surface area contributed by atoms with Crippen LogP contribution < -0.4 is 5.32 Å². The molecule has 4 rings (SSSR count). The Morgan fingerprint density at radius 3 is 2.52 bits per heavy atom. The van der Waals surface area contributed by atoms with E-state index in [9.17, 15) is 10.1 Å². The number of Topliss-reactive ketones (excluding diaryl/α,β-unsaturated/α-hetero) is 1. The molecule has 2 aliphatic rings. The molecule has 146 valence electrons. The van der Waals surface area contributed by atoms with Crippen LogP contribution in [0.4, 0.5) is 0 Å².